The van der Waals surface area contributed by atoms with E-state index in [4.69, 9.17) is 16.3 Å². The summed E-state index contributed by atoms with van der Waals surface area (Å²) in [6.07, 6.45) is 0.961. The molecule has 0 radical (unpaired) electrons. The van der Waals surface area contributed by atoms with Gasteiger partial charge in [-0.2, -0.15) is 0 Å². The van der Waals surface area contributed by atoms with Crippen molar-refractivity contribution in [2.24, 2.45) is 0 Å². The molecule has 0 saturated carbocycles. The number of anilines is 2. The molecule has 2 aromatic carbocycles. The Morgan fingerprint density at radius 1 is 1.00 bits per heavy atom. The number of halogens is 1. The lowest BCUT2D eigenvalue weighted by atomic mass is 10.1. The maximum Gasteiger partial charge on any atom is 0.339 e. The zero-order valence-electron chi connectivity index (χ0n) is 17.2. The largest absolute Gasteiger partial charge is 0.465 e. The van der Waals surface area contributed by atoms with Crippen molar-refractivity contribution in [3.63, 3.8) is 0 Å². The molecule has 0 spiro atoms. The molecule has 1 N–H and O–H groups in total. The molecule has 31 heavy (non-hydrogen) atoms. The molecular weight excluding hydrogens is 448 g/mol. The maximum atomic E-state index is 12.9. The zero-order valence-corrected chi connectivity index (χ0v) is 18.8. The van der Waals surface area contributed by atoms with Crippen molar-refractivity contribution in [3.05, 3.63) is 58.6 Å². The Bertz CT molecular complexity index is 1100. The van der Waals surface area contributed by atoms with Crippen LogP contribution < -0.4 is 9.62 Å². The van der Waals surface area contributed by atoms with Crippen LogP contribution in [0.4, 0.5) is 11.4 Å². The number of methoxy groups -OCH3 is 2. The van der Waals surface area contributed by atoms with E-state index in [2.05, 4.69) is 10.1 Å². The first-order chi connectivity index (χ1) is 14.5. The van der Waals surface area contributed by atoms with Gasteiger partial charge in [0.1, 0.15) is 6.04 Å². The molecular formula is C20H21ClN2O7S. The number of rotatable bonds is 7. The Morgan fingerprint density at radius 2 is 1.58 bits per heavy atom. The molecule has 0 heterocycles. The summed E-state index contributed by atoms with van der Waals surface area (Å²) in [4.78, 5) is 36.9. The van der Waals surface area contributed by atoms with Gasteiger partial charge in [-0.1, -0.05) is 11.6 Å². The number of nitrogens with one attached hydrogen (secondary N) is 1. The first kappa shape index (κ1) is 24.2. The number of hydrogen-bond donors (Lipinski definition) is 1. The van der Waals surface area contributed by atoms with E-state index in [0.717, 1.165) is 17.7 Å². The molecule has 2 rings (SSSR count). The van der Waals surface area contributed by atoms with Crippen LogP contribution in [-0.2, 0) is 24.3 Å². The lowest BCUT2D eigenvalue weighted by Gasteiger charge is -2.28. The van der Waals surface area contributed by atoms with Crippen LogP contribution in [-0.4, -0.2) is 52.8 Å². The molecule has 0 bridgehead atoms. The molecule has 1 amide bonds. The summed E-state index contributed by atoms with van der Waals surface area (Å²) in [6.45, 7) is 1.38. The maximum absolute atomic E-state index is 12.9. The molecule has 0 aliphatic rings. The van der Waals surface area contributed by atoms with E-state index < -0.39 is 33.9 Å². The van der Waals surface area contributed by atoms with Gasteiger partial charge in [-0.3, -0.25) is 9.10 Å². The highest BCUT2D eigenvalue weighted by atomic mass is 35.5. The normalized spacial score (nSPS) is 11.9. The zero-order chi connectivity index (χ0) is 23.3. The van der Waals surface area contributed by atoms with Gasteiger partial charge < -0.3 is 14.8 Å². The fraction of sp³-hybridized carbons (Fsp3) is 0.250. The highest BCUT2D eigenvalue weighted by Crippen LogP contribution is 2.25. The quantitative estimate of drug-likeness (QED) is 0.620. The summed E-state index contributed by atoms with van der Waals surface area (Å²) in [5, 5.41) is 2.90. The fourth-order valence-corrected chi connectivity index (χ4v) is 4.12. The predicted molar refractivity (Wildman–Crippen MR) is 116 cm³/mol. The molecule has 0 aliphatic heterocycles. The number of hydrogen-bond acceptors (Lipinski definition) is 7. The molecule has 0 saturated heterocycles. The molecule has 9 nitrogen and oxygen atoms in total. The van der Waals surface area contributed by atoms with E-state index in [0.29, 0.717) is 5.02 Å². The topological polar surface area (TPSA) is 119 Å². The van der Waals surface area contributed by atoms with E-state index in [1.165, 1.54) is 56.5 Å². The van der Waals surface area contributed by atoms with Gasteiger partial charge in [0.15, 0.2) is 0 Å². The highest BCUT2D eigenvalue weighted by molar-refractivity contribution is 7.92. The van der Waals surface area contributed by atoms with E-state index in [1.54, 1.807) is 0 Å². The summed E-state index contributed by atoms with van der Waals surface area (Å²) < 4.78 is 35.1. The van der Waals surface area contributed by atoms with Crippen molar-refractivity contribution >= 4 is 50.8 Å². The van der Waals surface area contributed by atoms with Crippen LogP contribution in [0.25, 0.3) is 0 Å². The average molecular weight is 469 g/mol. The second-order valence-electron chi connectivity index (χ2n) is 6.44. The van der Waals surface area contributed by atoms with Crippen molar-refractivity contribution in [1.82, 2.24) is 0 Å². The van der Waals surface area contributed by atoms with Crippen LogP contribution in [0.2, 0.25) is 5.02 Å². The predicted octanol–water partition coefficient (Wildman–Crippen LogP) is 2.71. The third kappa shape index (κ3) is 5.74. The summed E-state index contributed by atoms with van der Waals surface area (Å²) in [5.41, 5.74) is 0.256. The number of amides is 1. The molecule has 2 aromatic rings. The van der Waals surface area contributed by atoms with Gasteiger partial charge in [-0.25, -0.2) is 18.0 Å². The number of esters is 2. The second-order valence-corrected chi connectivity index (χ2v) is 8.74. The minimum Gasteiger partial charge on any atom is -0.465 e. The van der Waals surface area contributed by atoms with Gasteiger partial charge in [-0.15, -0.1) is 0 Å². The molecule has 166 valence electrons. The second kappa shape index (κ2) is 9.80. The van der Waals surface area contributed by atoms with Gasteiger partial charge in [0, 0.05) is 5.02 Å². The van der Waals surface area contributed by atoms with Crippen molar-refractivity contribution in [2.45, 2.75) is 13.0 Å². The summed E-state index contributed by atoms with van der Waals surface area (Å²) in [5.74, 6) is -2.18. The van der Waals surface area contributed by atoms with Crippen LogP contribution in [0.1, 0.15) is 27.6 Å². The summed E-state index contributed by atoms with van der Waals surface area (Å²) in [7, 11) is -1.51. The minimum absolute atomic E-state index is 0.0203. The number of sulfonamides is 1. The number of ether oxygens (including phenoxy) is 2. The molecule has 11 heteroatoms. The van der Waals surface area contributed by atoms with Crippen molar-refractivity contribution in [1.29, 1.82) is 0 Å². The number of carbonyl (C=O) groups is 3. The number of nitrogens with zero attached hydrogens (tertiary/aromatic N) is 1. The first-order valence-corrected chi connectivity index (χ1v) is 11.1. The van der Waals surface area contributed by atoms with Gasteiger partial charge >= 0.3 is 11.9 Å². The van der Waals surface area contributed by atoms with E-state index in [1.807, 2.05) is 0 Å². The molecule has 0 unspecified atom stereocenters. The molecule has 0 aromatic heterocycles. The third-order valence-corrected chi connectivity index (χ3v) is 5.77. The Morgan fingerprint density at radius 3 is 2.10 bits per heavy atom. The molecule has 1 atom stereocenters. The Hall–Kier alpha value is -3.11. The van der Waals surface area contributed by atoms with Gasteiger partial charge in [0.2, 0.25) is 15.9 Å². The monoisotopic (exact) mass is 468 g/mol. The lowest BCUT2D eigenvalue weighted by molar-refractivity contribution is -0.116. The van der Waals surface area contributed by atoms with E-state index in [-0.39, 0.29) is 22.5 Å². The summed E-state index contributed by atoms with van der Waals surface area (Å²) in [6, 6.07) is 8.60. The number of benzene rings is 2. The molecule has 0 fully saturated rings. The van der Waals surface area contributed by atoms with E-state index >= 15 is 0 Å². The SMILES string of the molecule is COC(=O)c1ccc(C(=O)OC)c(NC(=O)[C@@H](C)N(c2ccc(Cl)cc2)S(C)(=O)=O)c1. The Balaban J connectivity index is 2.44. The van der Waals surface area contributed by atoms with Crippen LogP contribution >= 0.6 is 11.6 Å². The van der Waals surface area contributed by atoms with Crippen LogP contribution in [0.15, 0.2) is 42.5 Å². The van der Waals surface area contributed by atoms with E-state index in [9.17, 15) is 22.8 Å². The number of carbonyl (C=O) groups excluding carboxylic acids is 3. The molecule has 0 aliphatic carbocycles. The Labute approximate surface area is 184 Å². The van der Waals surface area contributed by atoms with Crippen LogP contribution in [0.3, 0.4) is 0 Å². The van der Waals surface area contributed by atoms with Crippen molar-refractivity contribution in [2.75, 3.05) is 30.1 Å². The highest BCUT2D eigenvalue weighted by Gasteiger charge is 2.30. The third-order valence-electron chi connectivity index (χ3n) is 4.27. The van der Waals surface area contributed by atoms with Crippen LogP contribution in [0.5, 0.6) is 0 Å². The minimum atomic E-state index is -3.86. The van der Waals surface area contributed by atoms with Crippen molar-refractivity contribution < 1.29 is 32.3 Å². The summed E-state index contributed by atoms with van der Waals surface area (Å²) >= 11 is 5.86. The Kier molecular flexibility index (Phi) is 7.64. The van der Waals surface area contributed by atoms with Crippen LogP contribution in [0, 0.1) is 0 Å². The fourth-order valence-electron chi connectivity index (χ4n) is 2.81. The average Bonchev–Trinajstić information content (AvgIpc) is 2.73. The van der Waals surface area contributed by atoms with Gasteiger partial charge in [0.25, 0.3) is 0 Å². The smallest absolute Gasteiger partial charge is 0.339 e. The standard InChI is InChI=1S/C20H21ClN2O7S/c1-12(23(31(4,27)28)15-8-6-14(21)7-9-15)18(24)22-17-11-13(19(25)29-2)5-10-16(17)20(26)30-3/h5-12H,1-4H3,(H,22,24)/t12-/m1/s1. The van der Waals surface area contributed by atoms with Gasteiger partial charge in [-0.05, 0) is 49.4 Å². The van der Waals surface area contributed by atoms with Crippen molar-refractivity contribution in [3.8, 4) is 0 Å². The van der Waals surface area contributed by atoms with Gasteiger partial charge in [0.05, 0.1) is 43.0 Å². The lowest BCUT2D eigenvalue weighted by Crippen LogP contribution is -2.45. The first-order valence-electron chi connectivity index (χ1n) is 8.86.